The third-order valence-electron chi connectivity index (χ3n) is 1.15. The topological polar surface area (TPSA) is 67.1 Å². The minimum Gasteiger partial charge on any atom is -0.383 e. The van der Waals surface area contributed by atoms with Crippen LogP contribution in [0.4, 0.5) is 11.5 Å². The fraction of sp³-hybridized carbons (Fsp3) is 0. The Balaban J connectivity index is 3.29. The molecule has 0 aliphatic carbocycles. The average Bonchev–Trinajstić information content (AvgIpc) is 2.05. The zero-order chi connectivity index (χ0) is 8.27. The minimum atomic E-state index is 0.167. The summed E-state index contributed by atoms with van der Waals surface area (Å²) in [6.07, 6.45) is 1.34. The first-order valence-corrected chi connectivity index (χ1v) is 2.81. The Morgan fingerprint density at radius 2 is 2.45 bits per heavy atom. The maximum atomic E-state index is 8.47. The number of nitriles is 1. The van der Waals surface area contributed by atoms with Gasteiger partial charge in [0.2, 0.25) is 5.69 Å². The van der Waals surface area contributed by atoms with Crippen molar-refractivity contribution >= 4 is 11.5 Å². The Morgan fingerprint density at radius 3 is 3.00 bits per heavy atom. The van der Waals surface area contributed by atoms with Gasteiger partial charge < -0.3 is 5.73 Å². The van der Waals surface area contributed by atoms with Crippen molar-refractivity contribution in [2.24, 2.45) is 0 Å². The zero-order valence-electron chi connectivity index (χ0n) is 5.57. The van der Waals surface area contributed by atoms with E-state index in [-0.39, 0.29) is 11.4 Å². The van der Waals surface area contributed by atoms with Crippen LogP contribution in [0.2, 0.25) is 0 Å². The zero-order valence-corrected chi connectivity index (χ0v) is 5.57. The van der Waals surface area contributed by atoms with E-state index >= 15 is 0 Å². The van der Waals surface area contributed by atoms with E-state index in [1.54, 1.807) is 0 Å². The van der Waals surface area contributed by atoms with Crippen LogP contribution >= 0.6 is 0 Å². The van der Waals surface area contributed by atoms with Gasteiger partial charge in [0.25, 0.3) is 0 Å². The third-order valence-corrected chi connectivity index (χ3v) is 1.15. The number of hydrogen-bond donors (Lipinski definition) is 1. The number of aromatic nitrogens is 1. The molecule has 0 aromatic carbocycles. The number of pyridine rings is 1. The molecule has 4 nitrogen and oxygen atoms in total. The van der Waals surface area contributed by atoms with Gasteiger partial charge in [-0.15, -0.1) is 0 Å². The van der Waals surface area contributed by atoms with Gasteiger partial charge in [0.15, 0.2) is 0 Å². The molecule has 0 amide bonds. The monoisotopic (exact) mass is 144 g/mol. The molecular formula is C7H4N4. The van der Waals surface area contributed by atoms with Crippen molar-refractivity contribution in [2.75, 3.05) is 5.73 Å². The first-order valence-electron chi connectivity index (χ1n) is 2.81. The standard InChI is InChI=1S/C7H4N4/c1-10-6-2-5(3-8)7(9)11-4-6/h2,4H,(H2,9,11). The van der Waals surface area contributed by atoms with Gasteiger partial charge in [-0.05, 0) is 6.07 Å². The molecule has 0 atom stereocenters. The molecule has 0 spiro atoms. The van der Waals surface area contributed by atoms with Crippen LogP contribution in [0.15, 0.2) is 12.3 Å². The maximum absolute atomic E-state index is 8.47. The van der Waals surface area contributed by atoms with E-state index in [1.165, 1.54) is 12.3 Å². The van der Waals surface area contributed by atoms with E-state index < -0.39 is 0 Å². The molecule has 11 heavy (non-hydrogen) atoms. The third kappa shape index (κ3) is 1.25. The SMILES string of the molecule is [C-]#[N+]c1cnc(N)c(C#N)c1. The lowest BCUT2D eigenvalue weighted by Gasteiger charge is -1.93. The van der Waals surface area contributed by atoms with E-state index in [0.29, 0.717) is 5.69 Å². The summed E-state index contributed by atoms with van der Waals surface area (Å²) in [6.45, 7) is 6.62. The van der Waals surface area contributed by atoms with E-state index in [1.807, 2.05) is 6.07 Å². The highest BCUT2D eigenvalue weighted by molar-refractivity contribution is 5.56. The molecule has 0 unspecified atom stereocenters. The maximum Gasteiger partial charge on any atom is 0.206 e. The van der Waals surface area contributed by atoms with Gasteiger partial charge in [-0.1, -0.05) is 0 Å². The second kappa shape index (κ2) is 2.68. The van der Waals surface area contributed by atoms with Crippen LogP contribution in [0.25, 0.3) is 4.85 Å². The van der Waals surface area contributed by atoms with E-state index in [9.17, 15) is 0 Å². The van der Waals surface area contributed by atoms with Crippen molar-refractivity contribution in [1.29, 1.82) is 5.26 Å². The van der Waals surface area contributed by atoms with Crippen molar-refractivity contribution in [1.82, 2.24) is 4.98 Å². The smallest absolute Gasteiger partial charge is 0.206 e. The van der Waals surface area contributed by atoms with Crippen molar-refractivity contribution < 1.29 is 0 Å². The fourth-order valence-electron chi connectivity index (χ4n) is 0.615. The van der Waals surface area contributed by atoms with Gasteiger partial charge in [0.1, 0.15) is 11.9 Å². The van der Waals surface area contributed by atoms with Crippen molar-refractivity contribution in [2.45, 2.75) is 0 Å². The second-order valence-electron chi connectivity index (χ2n) is 1.85. The van der Waals surface area contributed by atoms with Crippen LogP contribution < -0.4 is 5.73 Å². The summed E-state index contributed by atoms with van der Waals surface area (Å²) in [5, 5.41) is 8.47. The molecule has 1 aromatic rings. The van der Waals surface area contributed by atoms with Crippen LogP contribution in [0, 0.1) is 17.9 Å². The highest BCUT2D eigenvalue weighted by Gasteiger charge is 1.99. The van der Waals surface area contributed by atoms with Crippen LogP contribution in [0.5, 0.6) is 0 Å². The van der Waals surface area contributed by atoms with Crippen molar-refractivity contribution in [3.8, 4) is 6.07 Å². The molecule has 0 saturated carbocycles. The Hall–Kier alpha value is -2.07. The first kappa shape index (κ1) is 7.04. The summed E-state index contributed by atoms with van der Waals surface area (Å²) in [7, 11) is 0. The lowest BCUT2D eigenvalue weighted by atomic mass is 10.2. The highest BCUT2D eigenvalue weighted by Crippen LogP contribution is 2.15. The summed E-state index contributed by atoms with van der Waals surface area (Å²) in [5.41, 5.74) is 5.90. The van der Waals surface area contributed by atoms with E-state index in [2.05, 4.69) is 9.83 Å². The first-order chi connectivity index (χ1) is 5.27. The minimum absolute atomic E-state index is 0.167. The predicted molar refractivity (Wildman–Crippen MR) is 39.6 cm³/mol. The fourth-order valence-corrected chi connectivity index (χ4v) is 0.615. The molecular weight excluding hydrogens is 140 g/mol. The summed E-state index contributed by atoms with van der Waals surface area (Å²) in [5.74, 6) is 0.167. The number of nitrogens with zero attached hydrogens (tertiary/aromatic N) is 3. The lowest BCUT2D eigenvalue weighted by molar-refractivity contribution is 1.32. The van der Waals surface area contributed by atoms with Crippen molar-refractivity contribution in [3.63, 3.8) is 0 Å². The molecule has 0 radical (unpaired) electrons. The molecule has 0 aliphatic heterocycles. The Labute approximate surface area is 63.7 Å². The number of anilines is 1. The number of hydrogen-bond acceptors (Lipinski definition) is 3. The van der Waals surface area contributed by atoms with Gasteiger partial charge in [-0.2, -0.15) is 5.26 Å². The second-order valence-corrected chi connectivity index (χ2v) is 1.85. The van der Waals surface area contributed by atoms with Crippen LogP contribution in [-0.4, -0.2) is 4.98 Å². The number of nitrogen functional groups attached to an aromatic ring is 1. The molecule has 0 aliphatic rings. The molecule has 2 N–H and O–H groups in total. The molecule has 1 heterocycles. The molecule has 0 fully saturated rings. The molecule has 1 aromatic heterocycles. The summed E-state index contributed by atoms with van der Waals surface area (Å²) in [4.78, 5) is 6.76. The molecule has 4 heteroatoms. The Morgan fingerprint density at radius 1 is 1.73 bits per heavy atom. The Bertz CT molecular complexity index is 356. The molecule has 52 valence electrons. The van der Waals surface area contributed by atoms with Gasteiger partial charge in [-0.3, -0.25) is 0 Å². The van der Waals surface area contributed by atoms with Crippen LogP contribution in [0.1, 0.15) is 5.56 Å². The molecule has 0 bridgehead atoms. The molecule has 0 saturated heterocycles. The van der Waals surface area contributed by atoms with Crippen LogP contribution in [0.3, 0.4) is 0 Å². The summed E-state index contributed by atoms with van der Waals surface area (Å²) < 4.78 is 0. The van der Waals surface area contributed by atoms with Gasteiger partial charge in [0.05, 0.1) is 12.1 Å². The number of rotatable bonds is 0. The van der Waals surface area contributed by atoms with Crippen molar-refractivity contribution in [3.05, 3.63) is 29.2 Å². The Kier molecular flexibility index (Phi) is 1.71. The highest BCUT2D eigenvalue weighted by atomic mass is 14.8. The molecule has 1 rings (SSSR count). The van der Waals surface area contributed by atoms with Crippen LogP contribution in [-0.2, 0) is 0 Å². The average molecular weight is 144 g/mol. The quantitative estimate of drug-likeness (QED) is 0.554. The predicted octanol–water partition coefficient (Wildman–Crippen LogP) is 1.09. The van der Waals surface area contributed by atoms with E-state index in [4.69, 9.17) is 17.6 Å². The summed E-state index contributed by atoms with van der Waals surface area (Å²) in [6, 6.07) is 3.25. The van der Waals surface area contributed by atoms with Gasteiger partial charge in [0, 0.05) is 6.20 Å². The lowest BCUT2D eigenvalue weighted by Crippen LogP contribution is -1.92. The summed E-state index contributed by atoms with van der Waals surface area (Å²) >= 11 is 0. The van der Waals surface area contributed by atoms with Gasteiger partial charge >= 0.3 is 0 Å². The number of nitrogens with two attached hydrogens (primary N) is 1. The van der Waals surface area contributed by atoms with Gasteiger partial charge in [-0.25, -0.2) is 9.83 Å². The largest absolute Gasteiger partial charge is 0.383 e. The normalized spacial score (nSPS) is 8.18. The van der Waals surface area contributed by atoms with E-state index in [0.717, 1.165) is 0 Å².